The first-order valence-corrected chi connectivity index (χ1v) is 5.60. The molecule has 0 N–H and O–H groups in total. The molecule has 0 aliphatic carbocycles. The normalized spacial score (nSPS) is 14.1. The monoisotopic (exact) mass is 288 g/mol. The number of hydrogen-bond donors (Lipinski definition) is 0. The quantitative estimate of drug-likeness (QED) is 0.743. The Bertz CT molecular complexity index is 382. The molecule has 8 heteroatoms. The Morgan fingerprint density at radius 1 is 1.50 bits per heavy atom. The summed E-state index contributed by atoms with van der Waals surface area (Å²) in [6.07, 6.45) is -2.42. The van der Waals surface area contributed by atoms with E-state index in [2.05, 4.69) is 25.9 Å². The minimum absolute atomic E-state index is 0.265. The molecule has 1 aromatic rings. The third-order valence-electron chi connectivity index (χ3n) is 1.25. The Hall–Kier alpha value is -0.500. The molecule has 0 saturated carbocycles. The Labute approximate surface area is 88.3 Å². The van der Waals surface area contributed by atoms with Crippen LogP contribution in [0.1, 0.15) is 5.69 Å². The number of nitrogens with zero attached hydrogens (tertiary/aromatic N) is 2. The second kappa shape index (κ2) is 3.93. The van der Waals surface area contributed by atoms with Crippen LogP contribution in [0.15, 0.2) is 15.8 Å². The molecule has 0 unspecified atom stereocenters. The van der Waals surface area contributed by atoms with E-state index in [0.717, 1.165) is 6.20 Å². The second-order valence-corrected chi connectivity index (χ2v) is 4.43. The molecule has 1 heterocycles. The lowest BCUT2D eigenvalue weighted by Gasteiger charge is -2.07. The summed E-state index contributed by atoms with van der Waals surface area (Å²) < 4.78 is 47.4. The van der Waals surface area contributed by atoms with Gasteiger partial charge in [-0.3, -0.25) is 4.21 Å². The number of halogens is 4. The molecule has 0 radical (unpaired) electrons. The van der Waals surface area contributed by atoms with E-state index in [9.17, 15) is 17.4 Å². The first-order chi connectivity index (χ1) is 6.32. The van der Waals surface area contributed by atoms with Crippen LogP contribution in [0.25, 0.3) is 0 Å². The number of alkyl halides is 3. The van der Waals surface area contributed by atoms with Gasteiger partial charge >= 0.3 is 6.18 Å². The van der Waals surface area contributed by atoms with Gasteiger partial charge in [0.2, 0.25) is 5.16 Å². The average molecular weight is 289 g/mol. The van der Waals surface area contributed by atoms with Gasteiger partial charge in [0.15, 0.2) is 5.69 Å². The fraction of sp³-hybridized carbons (Fsp3) is 0.333. The van der Waals surface area contributed by atoms with Crippen molar-refractivity contribution in [2.75, 3.05) is 6.26 Å². The van der Waals surface area contributed by atoms with E-state index in [1.807, 2.05) is 0 Å². The van der Waals surface area contributed by atoms with Crippen molar-refractivity contribution in [1.82, 2.24) is 9.97 Å². The summed E-state index contributed by atoms with van der Waals surface area (Å²) in [6.45, 7) is 0. The Balaban J connectivity index is 3.29. The highest BCUT2D eigenvalue weighted by Crippen LogP contribution is 2.32. The zero-order chi connectivity index (χ0) is 10.9. The van der Waals surface area contributed by atoms with Crippen molar-refractivity contribution in [1.29, 1.82) is 0 Å². The molecule has 0 bridgehead atoms. The van der Waals surface area contributed by atoms with Gasteiger partial charge in [-0.2, -0.15) is 13.2 Å². The van der Waals surface area contributed by atoms with Gasteiger partial charge in [0.25, 0.3) is 0 Å². The Morgan fingerprint density at radius 2 is 2.07 bits per heavy atom. The van der Waals surface area contributed by atoms with Gasteiger partial charge in [-0.15, -0.1) is 0 Å². The maximum atomic E-state index is 12.3. The fourth-order valence-corrected chi connectivity index (χ4v) is 1.53. The average Bonchev–Trinajstić information content (AvgIpc) is 2.02. The highest BCUT2D eigenvalue weighted by molar-refractivity contribution is 9.10. The largest absolute Gasteiger partial charge is 0.434 e. The number of aromatic nitrogens is 2. The van der Waals surface area contributed by atoms with Crippen molar-refractivity contribution in [2.45, 2.75) is 11.3 Å². The molecule has 1 atom stereocenters. The standard InChI is InChI=1S/C6H4BrF3N2OS/c1-14(13)5-11-2-3(7)4(12-5)6(8,9)10/h2H,1H3/t14-/m1/s1. The molecule has 1 rings (SSSR count). The highest BCUT2D eigenvalue weighted by Gasteiger charge is 2.35. The summed E-state index contributed by atoms with van der Waals surface area (Å²) in [5, 5.41) is -0.333. The molecule has 0 fully saturated rings. The molecule has 1 aromatic heterocycles. The van der Waals surface area contributed by atoms with Crippen molar-refractivity contribution in [3.8, 4) is 0 Å². The highest BCUT2D eigenvalue weighted by atomic mass is 79.9. The molecule has 0 aromatic carbocycles. The Morgan fingerprint density at radius 3 is 2.50 bits per heavy atom. The third kappa shape index (κ3) is 2.50. The fourth-order valence-electron chi connectivity index (χ4n) is 0.688. The summed E-state index contributed by atoms with van der Waals surface area (Å²) in [5.74, 6) is 0. The molecule has 14 heavy (non-hydrogen) atoms. The summed E-state index contributed by atoms with van der Waals surface area (Å²) in [5.41, 5.74) is -1.11. The van der Waals surface area contributed by atoms with Crippen LogP contribution in [0.4, 0.5) is 13.2 Å². The van der Waals surface area contributed by atoms with Crippen LogP contribution in [0.2, 0.25) is 0 Å². The summed E-state index contributed by atoms with van der Waals surface area (Å²) >= 11 is 2.67. The van der Waals surface area contributed by atoms with Crippen LogP contribution in [0.5, 0.6) is 0 Å². The number of rotatable bonds is 1. The van der Waals surface area contributed by atoms with E-state index in [0.29, 0.717) is 0 Å². The van der Waals surface area contributed by atoms with Crippen LogP contribution in [-0.4, -0.2) is 20.4 Å². The van der Waals surface area contributed by atoms with E-state index >= 15 is 0 Å². The smallest absolute Gasteiger partial charge is 0.251 e. The predicted molar refractivity (Wildman–Crippen MR) is 47.1 cm³/mol. The summed E-state index contributed by atoms with van der Waals surface area (Å²) in [7, 11) is -1.63. The lowest BCUT2D eigenvalue weighted by Crippen LogP contribution is -2.12. The zero-order valence-electron chi connectivity index (χ0n) is 6.80. The van der Waals surface area contributed by atoms with E-state index in [-0.39, 0.29) is 9.63 Å². The van der Waals surface area contributed by atoms with Crippen molar-refractivity contribution < 1.29 is 17.4 Å². The van der Waals surface area contributed by atoms with E-state index in [1.165, 1.54) is 6.26 Å². The first kappa shape index (κ1) is 11.6. The zero-order valence-corrected chi connectivity index (χ0v) is 9.20. The van der Waals surface area contributed by atoms with Gasteiger partial charge in [0.1, 0.15) is 0 Å². The molecule has 78 valence electrons. The molecule has 0 aliphatic rings. The summed E-state index contributed by atoms with van der Waals surface area (Å²) in [6, 6.07) is 0. The van der Waals surface area contributed by atoms with Crippen molar-refractivity contribution in [2.24, 2.45) is 0 Å². The predicted octanol–water partition coefficient (Wildman–Crippen LogP) is 2.00. The van der Waals surface area contributed by atoms with Crippen molar-refractivity contribution in [3.05, 3.63) is 16.4 Å². The SMILES string of the molecule is C[S@@](=O)c1ncc(Br)c(C(F)(F)F)n1. The Kier molecular flexibility index (Phi) is 3.25. The molecule has 0 aliphatic heterocycles. The van der Waals surface area contributed by atoms with Gasteiger partial charge in [0, 0.05) is 12.5 Å². The third-order valence-corrected chi connectivity index (χ3v) is 2.54. The molecule has 0 saturated heterocycles. The van der Waals surface area contributed by atoms with Gasteiger partial charge in [0.05, 0.1) is 15.3 Å². The van der Waals surface area contributed by atoms with Gasteiger partial charge < -0.3 is 0 Å². The lowest BCUT2D eigenvalue weighted by atomic mass is 10.4. The number of hydrogen-bond acceptors (Lipinski definition) is 3. The first-order valence-electron chi connectivity index (χ1n) is 3.25. The maximum Gasteiger partial charge on any atom is 0.434 e. The van der Waals surface area contributed by atoms with Crippen LogP contribution < -0.4 is 0 Å². The van der Waals surface area contributed by atoms with Crippen LogP contribution in [-0.2, 0) is 17.0 Å². The molecular weight excluding hydrogens is 285 g/mol. The van der Waals surface area contributed by atoms with Gasteiger partial charge in [-0.05, 0) is 15.9 Å². The van der Waals surface area contributed by atoms with E-state index < -0.39 is 22.7 Å². The van der Waals surface area contributed by atoms with Gasteiger partial charge in [-0.1, -0.05) is 0 Å². The lowest BCUT2D eigenvalue weighted by molar-refractivity contribution is -0.142. The molecule has 0 amide bonds. The molecular formula is C6H4BrF3N2OS. The van der Waals surface area contributed by atoms with E-state index in [4.69, 9.17) is 0 Å². The van der Waals surface area contributed by atoms with Crippen molar-refractivity contribution >= 4 is 26.7 Å². The molecule has 3 nitrogen and oxygen atoms in total. The van der Waals surface area contributed by atoms with Crippen molar-refractivity contribution in [3.63, 3.8) is 0 Å². The van der Waals surface area contributed by atoms with E-state index in [1.54, 1.807) is 0 Å². The van der Waals surface area contributed by atoms with Crippen LogP contribution in [0.3, 0.4) is 0 Å². The maximum absolute atomic E-state index is 12.3. The second-order valence-electron chi connectivity index (χ2n) is 2.30. The topological polar surface area (TPSA) is 42.9 Å². The van der Waals surface area contributed by atoms with Gasteiger partial charge in [-0.25, -0.2) is 9.97 Å². The minimum atomic E-state index is -4.57. The van der Waals surface area contributed by atoms with Crippen LogP contribution in [0, 0.1) is 0 Å². The van der Waals surface area contributed by atoms with Crippen LogP contribution >= 0.6 is 15.9 Å². The minimum Gasteiger partial charge on any atom is -0.251 e. The summed E-state index contributed by atoms with van der Waals surface area (Å²) in [4.78, 5) is 6.65. The molecule has 0 spiro atoms.